The number of nitrogens with two attached hydrogens (primary N) is 1. The molecule has 82 valence electrons. The molecule has 1 atom stereocenters. The Kier molecular flexibility index (Phi) is 3.86. The van der Waals surface area contributed by atoms with E-state index in [2.05, 4.69) is 11.7 Å². The van der Waals surface area contributed by atoms with Crippen LogP contribution in [0, 0.1) is 5.41 Å². The highest BCUT2D eigenvalue weighted by Gasteiger charge is 2.18. The molecule has 0 aromatic rings. The largest absolute Gasteiger partial charge is 0.465 e. The van der Waals surface area contributed by atoms with Crippen molar-refractivity contribution >= 4 is 5.97 Å². The number of rotatable bonds is 3. The zero-order valence-electron chi connectivity index (χ0n) is 9.19. The fourth-order valence-electron chi connectivity index (χ4n) is 1.49. The number of carbonyl (C=O) groups is 1. The summed E-state index contributed by atoms with van der Waals surface area (Å²) in [6, 6.07) is 0. The summed E-state index contributed by atoms with van der Waals surface area (Å²) in [5.74, 6) is -0.312. The summed E-state index contributed by atoms with van der Waals surface area (Å²) >= 11 is 0. The standard InChI is InChI=1S/C12H17NO2/c1-12(8-9-13)6-3-4-10(5-7-12)11(14)15-2/h3-7H,8-9,13H2,1-2H3. The molecule has 1 aliphatic carbocycles. The third-order valence-corrected chi connectivity index (χ3v) is 2.50. The predicted molar refractivity (Wildman–Crippen MR) is 60.2 cm³/mol. The second kappa shape index (κ2) is 4.94. The summed E-state index contributed by atoms with van der Waals surface area (Å²) in [6.07, 6.45) is 10.3. The lowest BCUT2D eigenvalue weighted by Gasteiger charge is -2.19. The average Bonchev–Trinajstić information content (AvgIpc) is 2.40. The van der Waals surface area contributed by atoms with Gasteiger partial charge in [0.1, 0.15) is 0 Å². The maximum Gasteiger partial charge on any atom is 0.337 e. The second-order valence-electron chi connectivity index (χ2n) is 3.85. The first-order chi connectivity index (χ1) is 7.11. The number of esters is 1. The molecule has 0 spiro atoms. The van der Waals surface area contributed by atoms with Crippen molar-refractivity contribution in [2.24, 2.45) is 11.1 Å². The topological polar surface area (TPSA) is 52.3 Å². The van der Waals surface area contributed by atoms with Gasteiger partial charge in [0.05, 0.1) is 12.7 Å². The molecule has 0 saturated carbocycles. The molecule has 0 aliphatic heterocycles. The molecular formula is C12H17NO2. The van der Waals surface area contributed by atoms with Gasteiger partial charge in [-0.1, -0.05) is 31.2 Å². The molecule has 1 rings (SSSR count). The van der Waals surface area contributed by atoms with Gasteiger partial charge in [-0.15, -0.1) is 0 Å². The van der Waals surface area contributed by atoms with E-state index in [4.69, 9.17) is 5.73 Å². The Morgan fingerprint density at radius 2 is 2.27 bits per heavy atom. The van der Waals surface area contributed by atoms with Crippen LogP contribution in [0.3, 0.4) is 0 Å². The molecule has 0 amide bonds. The Labute approximate surface area is 90.3 Å². The van der Waals surface area contributed by atoms with E-state index in [1.165, 1.54) is 7.11 Å². The minimum atomic E-state index is -0.312. The third-order valence-electron chi connectivity index (χ3n) is 2.50. The number of methoxy groups -OCH3 is 1. The van der Waals surface area contributed by atoms with E-state index in [0.717, 1.165) is 6.42 Å². The molecule has 2 N–H and O–H groups in total. The van der Waals surface area contributed by atoms with Gasteiger partial charge < -0.3 is 10.5 Å². The van der Waals surface area contributed by atoms with E-state index < -0.39 is 0 Å². The third kappa shape index (κ3) is 3.06. The number of hydrogen-bond donors (Lipinski definition) is 1. The minimum Gasteiger partial charge on any atom is -0.465 e. The van der Waals surface area contributed by atoms with Crippen molar-refractivity contribution in [3.8, 4) is 0 Å². The molecule has 15 heavy (non-hydrogen) atoms. The van der Waals surface area contributed by atoms with Gasteiger partial charge >= 0.3 is 5.97 Å². The van der Waals surface area contributed by atoms with Gasteiger partial charge in [-0.2, -0.15) is 0 Å². The van der Waals surface area contributed by atoms with Crippen LogP contribution < -0.4 is 5.73 Å². The SMILES string of the molecule is COC(=O)C1=CC=CC(C)(CCN)C=C1. The summed E-state index contributed by atoms with van der Waals surface area (Å²) in [4.78, 5) is 11.3. The van der Waals surface area contributed by atoms with Gasteiger partial charge in [0.25, 0.3) is 0 Å². The molecule has 0 aromatic heterocycles. The molecule has 0 bridgehead atoms. The predicted octanol–water partition coefficient (Wildman–Crippen LogP) is 1.57. The van der Waals surface area contributed by atoms with Gasteiger partial charge in [0, 0.05) is 5.41 Å². The van der Waals surface area contributed by atoms with Crippen molar-refractivity contribution < 1.29 is 9.53 Å². The lowest BCUT2D eigenvalue weighted by molar-refractivity contribution is -0.135. The van der Waals surface area contributed by atoms with Crippen LogP contribution in [-0.4, -0.2) is 19.6 Å². The highest BCUT2D eigenvalue weighted by Crippen LogP contribution is 2.27. The maximum absolute atomic E-state index is 11.3. The fraction of sp³-hybridized carbons (Fsp3) is 0.417. The lowest BCUT2D eigenvalue weighted by Crippen LogP contribution is -2.15. The first-order valence-corrected chi connectivity index (χ1v) is 4.98. The van der Waals surface area contributed by atoms with E-state index >= 15 is 0 Å². The summed E-state index contributed by atoms with van der Waals surface area (Å²) in [5.41, 5.74) is 6.04. The molecule has 1 aliphatic rings. The zero-order valence-corrected chi connectivity index (χ0v) is 9.19. The molecule has 0 saturated heterocycles. The molecule has 3 nitrogen and oxygen atoms in total. The first-order valence-electron chi connectivity index (χ1n) is 4.98. The lowest BCUT2D eigenvalue weighted by atomic mass is 9.86. The smallest absolute Gasteiger partial charge is 0.337 e. The molecular weight excluding hydrogens is 190 g/mol. The minimum absolute atomic E-state index is 0.0684. The highest BCUT2D eigenvalue weighted by molar-refractivity contribution is 5.92. The van der Waals surface area contributed by atoms with Crippen molar-refractivity contribution in [2.75, 3.05) is 13.7 Å². The van der Waals surface area contributed by atoms with Crippen LogP contribution in [0.4, 0.5) is 0 Å². The second-order valence-corrected chi connectivity index (χ2v) is 3.85. The highest BCUT2D eigenvalue weighted by atomic mass is 16.5. The Balaban J connectivity index is 2.84. The van der Waals surface area contributed by atoms with E-state index in [1.54, 1.807) is 12.2 Å². The number of carbonyl (C=O) groups excluding carboxylic acids is 1. The Hall–Kier alpha value is -1.35. The van der Waals surface area contributed by atoms with Crippen molar-refractivity contribution in [3.05, 3.63) is 36.0 Å². The van der Waals surface area contributed by atoms with Crippen LogP contribution in [0.1, 0.15) is 13.3 Å². The van der Waals surface area contributed by atoms with Crippen molar-refractivity contribution in [1.29, 1.82) is 0 Å². The van der Waals surface area contributed by atoms with Gasteiger partial charge in [0.15, 0.2) is 0 Å². The van der Waals surface area contributed by atoms with E-state index in [1.807, 2.05) is 18.2 Å². The zero-order chi connectivity index (χ0) is 11.3. The summed E-state index contributed by atoms with van der Waals surface area (Å²) in [6.45, 7) is 2.71. The van der Waals surface area contributed by atoms with E-state index in [-0.39, 0.29) is 11.4 Å². The normalized spacial score (nSPS) is 24.6. The van der Waals surface area contributed by atoms with Gasteiger partial charge in [-0.3, -0.25) is 0 Å². The molecule has 0 radical (unpaired) electrons. The first kappa shape index (κ1) is 11.7. The number of hydrogen-bond acceptors (Lipinski definition) is 3. The molecule has 0 aromatic carbocycles. The number of ether oxygens (including phenoxy) is 1. The monoisotopic (exact) mass is 207 g/mol. The summed E-state index contributed by atoms with van der Waals surface area (Å²) in [7, 11) is 1.38. The van der Waals surface area contributed by atoms with Crippen LogP contribution in [0.5, 0.6) is 0 Å². The molecule has 0 heterocycles. The van der Waals surface area contributed by atoms with E-state index in [0.29, 0.717) is 12.1 Å². The van der Waals surface area contributed by atoms with Crippen LogP contribution in [0.25, 0.3) is 0 Å². The molecule has 3 heteroatoms. The summed E-state index contributed by atoms with van der Waals surface area (Å²) < 4.78 is 4.66. The maximum atomic E-state index is 11.3. The van der Waals surface area contributed by atoms with Gasteiger partial charge in [-0.05, 0) is 19.0 Å². The van der Waals surface area contributed by atoms with Crippen LogP contribution in [0.2, 0.25) is 0 Å². The molecule has 0 fully saturated rings. The van der Waals surface area contributed by atoms with Crippen LogP contribution in [0.15, 0.2) is 36.0 Å². The van der Waals surface area contributed by atoms with Gasteiger partial charge in [0.2, 0.25) is 0 Å². The fourth-order valence-corrected chi connectivity index (χ4v) is 1.49. The Morgan fingerprint density at radius 1 is 1.53 bits per heavy atom. The van der Waals surface area contributed by atoms with E-state index in [9.17, 15) is 4.79 Å². The Morgan fingerprint density at radius 3 is 2.87 bits per heavy atom. The Bertz CT molecular complexity index is 329. The van der Waals surface area contributed by atoms with Crippen molar-refractivity contribution in [1.82, 2.24) is 0 Å². The van der Waals surface area contributed by atoms with Crippen LogP contribution in [-0.2, 0) is 9.53 Å². The average molecular weight is 207 g/mol. The quantitative estimate of drug-likeness (QED) is 0.715. The van der Waals surface area contributed by atoms with Gasteiger partial charge in [-0.25, -0.2) is 4.79 Å². The van der Waals surface area contributed by atoms with Crippen LogP contribution >= 0.6 is 0 Å². The molecule has 1 unspecified atom stereocenters. The summed E-state index contributed by atoms with van der Waals surface area (Å²) in [5, 5.41) is 0. The van der Waals surface area contributed by atoms with Crippen molar-refractivity contribution in [2.45, 2.75) is 13.3 Å². The number of allylic oxidation sites excluding steroid dienone is 4. The van der Waals surface area contributed by atoms with Crippen molar-refractivity contribution in [3.63, 3.8) is 0 Å².